The molecule has 1 aliphatic rings. The maximum absolute atomic E-state index is 13.4. The lowest BCUT2D eigenvalue weighted by Gasteiger charge is -2.34. The second-order valence-corrected chi connectivity index (χ2v) is 10.0. The van der Waals surface area contributed by atoms with Gasteiger partial charge in [0.05, 0.1) is 4.90 Å². The van der Waals surface area contributed by atoms with Crippen molar-refractivity contribution in [2.45, 2.75) is 25.7 Å². The van der Waals surface area contributed by atoms with Crippen LogP contribution in [0.25, 0.3) is 12.2 Å². The lowest BCUT2D eigenvalue weighted by atomic mass is 10.1. The molecule has 4 rings (SSSR count). The summed E-state index contributed by atoms with van der Waals surface area (Å²) in [5.41, 5.74) is 2.43. The number of amides is 1. The van der Waals surface area contributed by atoms with E-state index in [4.69, 9.17) is 4.52 Å². The van der Waals surface area contributed by atoms with E-state index in [1.54, 1.807) is 44.3 Å². The Morgan fingerprint density at radius 1 is 1.09 bits per heavy atom. The average Bonchev–Trinajstić information content (AvgIpc) is 3.17. The number of nitrogens with zero attached hydrogens (tertiary/aromatic N) is 4. The number of nitrogens with one attached hydrogen (secondary N) is 1. The minimum atomic E-state index is -3.66. The lowest BCUT2D eigenvalue weighted by molar-refractivity contribution is -0.114. The van der Waals surface area contributed by atoms with E-state index in [-0.39, 0.29) is 10.8 Å². The summed E-state index contributed by atoms with van der Waals surface area (Å²) in [4.78, 5) is 18.2. The van der Waals surface area contributed by atoms with E-state index in [0.29, 0.717) is 54.4 Å². The Morgan fingerprint density at radius 3 is 2.53 bits per heavy atom. The van der Waals surface area contributed by atoms with Gasteiger partial charge in [-0.2, -0.15) is 4.31 Å². The van der Waals surface area contributed by atoms with E-state index in [0.717, 1.165) is 5.82 Å². The number of benzene rings is 1. The van der Waals surface area contributed by atoms with Crippen LogP contribution in [0.15, 0.2) is 52.0 Å². The van der Waals surface area contributed by atoms with E-state index in [1.165, 1.54) is 11.2 Å². The molecule has 1 aliphatic heterocycles. The van der Waals surface area contributed by atoms with E-state index in [2.05, 4.69) is 20.4 Å². The molecule has 0 radical (unpaired) electrons. The quantitative estimate of drug-likeness (QED) is 0.575. The van der Waals surface area contributed by atoms with Crippen molar-refractivity contribution >= 4 is 39.6 Å². The Hall–Kier alpha value is -3.50. The number of rotatable bonds is 6. The SMILES string of the molecule is CC(=O)Nc1c(C)noc1/C=C\c1ccc(C)c(S(=O)(=O)N2CCN(c3ccccn3)CC2)c1. The number of piperazine rings is 1. The van der Waals surface area contributed by atoms with Gasteiger partial charge in [-0.05, 0) is 49.2 Å². The molecule has 1 fully saturated rings. The molecule has 34 heavy (non-hydrogen) atoms. The second kappa shape index (κ2) is 9.78. The van der Waals surface area contributed by atoms with Crippen molar-refractivity contribution < 1.29 is 17.7 Å². The van der Waals surface area contributed by atoms with Crippen LogP contribution in [0.2, 0.25) is 0 Å². The number of carbonyl (C=O) groups is 1. The Kier molecular flexibility index (Phi) is 6.80. The van der Waals surface area contributed by atoms with Gasteiger partial charge in [-0.25, -0.2) is 13.4 Å². The minimum Gasteiger partial charge on any atom is -0.354 e. The van der Waals surface area contributed by atoms with Crippen molar-refractivity contribution in [2.24, 2.45) is 0 Å². The zero-order valence-corrected chi connectivity index (χ0v) is 20.2. The van der Waals surface area contributed by atoms with Crippen LogP contribution >= 0.6 is 0 Å². The summed E-state index contributed by atoms with van der Waals surface area (Å²) in [6, 6.07) is 11.0. The van der Waals surface area contributed by atoms with Gasteiger partial charge in [-0.15, -0.1) is 0 Å². The maximum atomic E-state index is 13.4. The fraction of sp³-hybridized carbons (Fsp3) is 0.292. The zero-order valence-electron chi connectivity index (χ0n) is 19.4. The minimum absolute atomic E-state index is 0.229. The molecule has 9 nitrogen and oxygen atoms in total. The third-order valence-electron chi connectivity index (χ3n) is 5.66. The topological polar surface area (TPSA) is 109 Å². The molecule has 0 atom stereocenters. The fourth-order valence-electron chi connectivity index (χ4n) is 3.84. The third kappa shape index (κ3) is 5.02. The van der Waals surface area contributed by atoms with Crippen molar-refractivity contribution in [2.75, 3.05) is 36.4 Å². The summed E-state index contributed by atoms with van der Waals surface area (Å²) in [6.07, 6.45) is 5.14. The Morgan fingerprint density at radius 2 is 1.85 bits per heavy atom. The van der Waals surface area contributed by atoms with Gasteiger partial charge in [0.15, 0.2) is 5.76 Å². The van der Waals surface area contributed by atoms with Gasteiger partial charge >= 0.3 is 0 Å². The van der Waals surface area contributed by atoms with Gasteiger partial charge in [0.25, 0.3) is 0 Å². The molecule has 0 unspecified atom stereocenters. The van der Waals surface area contributed by atoms with E-state index in [9.17, 15) is 13.2 Å². The largest absolute Gasteiger partial charge is 0.354 e. The lowest BCUT2D eigenvalue weighted by Crippen LogP contribution is -2.49. The van der Waals surface area contributed by atoms with Crippen LogP contribution in [0.5, 0.6) is 0 Å². The van der Waals surface area contributed by atoms with Gasteiger partial charge < -0.3 is 14.7 Å². The first-order valence-electron chi connectivity index (χ1n) is 10.9. The first-order valence-corrected chi connectivity index (χ1v) is 12.4. The predicted molar refractivity (Wildman–Crippen MR) is 131 cm³/mol. The van der Waals surface area contributed by atoms with Gasteiger partial charge in [0.2, 0.25) is 15.9 Å². The average molecular weight is 482 g/mol. The Labute approximate surface area is 199 Å². The predicted octanol–water partition coefficient (Wildman–Crippen LogP) is 3.33. The standard InChI is InChI=1S/C24H27N5O4S/c1-17-7-8-20(9-10-21-24(26-19(3)30)18(2)27-33-21)16-22(17)34(31,32)29-14-12-28(13-15-29)23-6-4-5-11-25-23/h4-11,16H,12-15H2,1-3H3,(H,26,30)/b10-9-. The van der Waals surface area contributed by atoms with Crippen molar-refractivity contribution in [1.82, 2.24) is 14.4 Å². The number of aromatic nitrogens is 2. The van der Waals surface area contributed by atoms with Crippen LogP contribution in [-0.2, 0) is 14.8 Å². The van der Waals surface area contributed by atoms with E-state index < -0.39 is 10.0 Å². The van der Waals surface area contributed by atoms with Crippen molar-refractivity contribution in [3.63, 3.8) is 0 Å². The molecule has 2 aromatic heterocycles. The van der Waals surface area contributed by atoms with Gasteiger partial charge in [-0.1, -0.05) is 29.4 Å². The molecular weight excluding hydrogens is 454 g/mol. The molecule has 1 amide bonds. The molecular formula is C24H27N5O4S. The number of aryl methyl sites for hydroxylation is 2. The Balaban J connectivity index is 1.53. The first kappa shape index (κ1) is 23.7. The van der Waals surface area contributed by atoms with Crippen LogP contribution in [0.4, 0.5) is 11.5 Å². The molecule has 1 N–H and O–H groups in total. The van der Waals surface area contributed by atoms with E-state index >= 15 is 0 Å². The molecule has 10 heteroatoms. The fourth-order valence-corrected chi connectivity index (χ4v) is 5.52. The summed E-state index contributed by atoms with van der Waals surface area (Å²) in [7, 11) is -3.66. The number of anilines is 2. The maximum Gasteiger partial charge on any atom is 0.243 e. The molecule has 0 aliphatic carbocycles. The van der Waals surface area contributed by atoms with Crippen LogP contribution in [0, 0.1) is 13.8 Å². The highest BCUT2D eigenvalue weighted by Gasteiger charge is 2.30. The van der Waals surface area contributed by atoms with Gasteiger partial charge in [0.1, 0.15) is 17.2 Å². The number of sulfonamides is 1. The number of pyridine rings is 1. The summed E-state index contributed by atoms with van der Waals surface area (Å²) in [6.45, 7) is 6.85. The van der Waals surface area contributed by atoms with Gasteiger partial charge in [-0.3, -0.25) is 4.79 Å². The smallest absolute Gasteiger partial charge is 0.243 e. The first-order chi connectivity index (χ1) is 16.3. The highest BCUT2D eigenvalue weighted by molar-refractivity contribution is 7.89. The molecule has 1 aromatic carbocycles. The monoisotopic (exact) mass is 481 g/mol. The molecule has 178 valence electrons. The van der Waals surface area contributed by atoms with Crippen LogP contribution in [0.1, 0.15) is 29.5 Å². The molecule has 0 bridgehead atoms. The summed E-state index contributed by atoms with van der Waals surface area (Å²) >= 11 is 0. The van der Waals surface area contributed by atoms with Crippen LogP contribution in [-0.4, -0.2) is 54.9 Å². The molecule has 0 spiro atoms. The van der Waals surface area contributed by atoms with E-state index in [1.807, 2.05) is 24.3 Å². The number of hydrogen-bond donors (Lipinski definition) is 1. The third-order valence-corrected chi connectivity index (χ3v) is 7.70. The Bertz CT molecular complexity index is 1310. The van der Waals surface area contributed by atoms with Gasteiger partial charge in [0, 0.05) is 39.3 Å². The highest BCUT2D eigenvalue weighted by Crippen LogP contribution is 2.26. The molecule has 3 aromatic rings. The van der Waals surface area contributed by atoms with Crippen molar-refractivity contribution in [1.29, 1.82) is 0 Å². The number of carbonyl (C=O) groups excluding carboxylic acids is 1. The molecule has 3 heterocycles. The zero-order chi connectivity index (χ0) is 24.3. The van der Waals surface area contributed by atoms with Crippen LogP contribution < -0.4 is 10.2 Å². The second-order valence-electron chi connectivity index (χ2n) is 8.13. The summed E-state index contributed by atoms with van der Waals surface area (Å²) < 4.78 is 33.7. The summed E-state index contributed by atoms with van der Waals surface area (Å²) in [5.74, 6) is 1.01. The van der Waals surface area contributed by atoms with Crippen molar-refractivity contribution in [3.8, 4) is 0 Å². The molecule has 1 saturated heterocycles. The van der Waals surface area contributed by atoms with Crippen LogP contribution in [0.3, 0.4) is 0 Å². The highest BCUT2D eigenvalue weighted by atomic mass is 32.2. The normalized spacial score (nSPS) is 15.1. The number of hydrogen-bond acceptors (Lipinski definition) is 7. The molecule has 0 saturated carbocycles. The van der Waals surface area contributed by atoms with Crippen molar-refractivity contribution in [3.05, 3.63) is 65.2 Å². The summed E-state index contributed by atoms with van der Waals surface area (Å²) in [5, 5.41) is 6.59.